The second kappa shape index (κ2) is 18.1. The third-order valence-electron chi connectivity index (χ3n) is 7.52. The molecule has 0 spiro atoms. The molecule has 5 rings (SSSR count). The highest BCUT2D eigenvalue weighted by atomic mass is 16.6. The summed E-state index contributed by atoms with van der Waals surface area (Å²) in [6, 6.07) is 40.7. The van der Waals surface area contributed by atoms with Crippen LogP contribution in [-0.4, -0.2) is 60.9 Å². The third-order valence-corrected chi connectivity index (χ3v) is 7.52. The minimum atomic E-state index is -1.95. The predicted molar refractivity (Wildman–Crippen MR) is 185 cm³/mol. The Morgan fingerprint density at radius 1 is 0.423 bits per heavy atom. The lowest BCUT2D eigenvalue weighted by Crippen LogP contribution is -2.53. The van der Waals surface area contributed by atoms with Crippen molar-refractivity contribution in [1.82, 2.24) is 0 Å². The highest BCUT2D eigenvalue weighted by Crippen LogP contribution is 2.24. The van der Waals surface area contributed by atoms with Gasteiger partial charge in [-0.1, -0.05) is 91.0 Å². The van der Waals surface area contributed by atoms with Gasteiger partial charge in [-0.2, -0.15) is 5.26 Å². The third kappa shape index (κ3) is 9.77. The molecule has 0 N–H and O–H groups in total. The molecule has 5 aromatic carbocycles. The van der Waals surface area contributed by atoms with Gasteiger partial charge in [0, 0.05) is 0 Å². The summed E-state index contributed by atoms with van der Waals surface area (Å²) in [7, 11) is 0. The fourth-order valence-electron chi connectivity index (χ4n) is 4.90. The molecule has 0 aliphatic carbocycles. The number of carbonyl (C=O) groups is 5. The number of rotatable bonds is 14. The number of nitriles is 1. The predicted octanol–water partition coefficient (Wildman–Crippen LogP) is 6.27. The van der Waals surface area contributed by atoms with Crippen molar-refractivity contribution in [3.05, 3.63) is 179 Å². The SMILES string of the molecule is N#CC(OC(=O)c1ccccc1)C(OC(=O)c1ccccc1)C(OC(=O)c1ccccc1)C(COC(=O)c1ccccc1)OC(=O)c1ccccc1. The summed E-state index contributed by atoms with van der Waals surface area (Å²) in [4.78, 5) is 67.2. The van der Waals surface area contributed by atoms with Crippen LogP contribution in [-0.2, 0) is 23.7 Å². The zero-order valence-corrected chi connectivity index (χ0v) is 27.5. The quantitative estimate of drug-likeness (QED) is 0.0952. The Bertz CT molecular complexity index is 2000. The maximum absolute atomic E-state index is 13.7. The van der Waals surface area contributed by atoms with E-state index in [0.29, 0.717) is 0 Å². The molecule has 11 nitrogen and oxygen atoms in total. The van der Waals surface area contributed by atoms with E-state index in [2.05, 4.69) is 0 Å². The van der Waals surface area contributed by atoms with E-state index in [0.717, 1.165) is 0 Å². The minimum absolute atomic E-state index is 0.0417. The molecule has 260 valence electrons. The Labute approximate surface area is 298 Å². The van der Waals surface area contributed by atoms with Crippen molar-refractivity contribution in [3.63, 3.8) is 0 Å². The van der Waals surface area contributed by atoms with E-state index in [1.807, 2.05) is 6.07 Å². The van der Waals surface area contributed by atoms with Gasteiger partial charge in [-0.25, -0.2) is 24.0 Å². The van der Waals surface area contributed by atoms with E-state index >= 15 is 0 Å². The van der Waals surface area contributed by atoms with Crippen molar-refractivity contribution >= 4 is 29.8 Å². The van der Waals surface area contributed by atoms with Crippen LogP contribution in [0.5, 0.6) is 0 Å². The number of carbonyl (C=O) groups excluding carboxylic acids is 5. The summed E-state index contributed by atoms with van der Waals surface area (Å²) in [5.41, 5.74) is 0.398. The Balaban J connectivity index is 1.60. The molecule has 4 unspecified atom stereocenters. The van der Waals surface area contributed by atoms with Gasteiger partial charge in [-0.3, -0.25) is 0 Å². The number of benzene rings is 5. The summed E-state index contributed by atoms with van der Waals surface area (Å²) in [6.07, 6.45) is -7.52. The molecule has 11 heteroatoms. The van der Waals surface area contributed by atoms with Crippen molar-refractivity contribution in [2.45, 2.75) is 24.4 Å². The smallest absolute Gasteiger partial charge is 0.339 e. The summed E-state index contributed by atoms with van der Waals surface area (Å²) >= 11 is 0. The van der Waals surface area contributed by atoms with Crippen LogP contribution in [0.4, 0.5) is 0 Å². The molecular formula is C41H31NO10. The molecule has 0 bridgehead atoms. The monoisotopic (exact) mass is 697 g/mol. The van der Waals surface area contributed by atoms with Crippen LogP contribution in [0, 0.1) is 11.3 Å². The molecule has 0 aliphatic rings. The molecule has 4 atom stereocenters. The summed E-state index contributed by atoms with van der Waals surface area (Å²) in [5.74, 6) is -4.68. The van der Waals surface area contributed by atoms with Gasteiger partial charge in [0.25, 0.3) is 0 Å². The Hall–Kier alpha value is -7.06. The van der Waals surface area contributed by atoms with Crippen molar-refractivity contribution in [3.8, 4) is 6.07 Å². The van der Waals surface area contributed by atoms with Crippen LogP contribution in [0.15, 0.2) is 152 Å². The molecule has 0 saturated carbocycles. The lowest BCUT2D eigenvalue weighted by atomic mass is 10.0. The Kier molecular flexibility index (Phi) is 12.6. The molecule has 0 aromatic heterocycles. The highest BCUT2D eigenvalue weighted by Gasteiger charge is 2.46. The van der Waals surface area contributed by atoms with Gasteiger partial charge >= 0.3 is 29.8 Å². The second-order valence-corrected chi connectivity index (χ2v) is 11.1. The minimum Gasteiger partial charge on any atom is -0.458 e. The van der Waals surface area contributed by atoms with E-state index in [1.165, 1.54) is 60.7 Å². The van der Waals surface area contributed by atoms with Gasteiger partial charge in [-0.05, 0) is 60.7 Å². The van der Waals surface area contributed by atoms with Crippen molar-refractivity contribution in [2.24, 2.45) is 0 Å². The van der Waals surface area contributed by atoms with E-state index in [9.17, 15) is 29.2 Å². The molecular weight excluding hydrogens is 666 g/mol. The van der Waals surface area contributed by atoms with Crippen molar-refractivity contribution in [2.75, 3.05) is 6.61 Å². The summed E-state index contributed by atoms with van der Waals surface area (Å²) in [6.45, 7) is -0.747. The molecule has 5 aromatic rings. The Morgan fingerprint density at radius 3 is 1.10 bits per heavy atom. The first-order chi connectivity index (χ1) is 25.3. The van der Waals surface area contributed by atoms with Gasteiger partial charge in [-0.15, -0.1) is 0 Å². The first kappa shape index (κ1) is 36.2. The topological polar surface area (TPSA) is 155 Å². The second-order valence-electron chi connectivity index (χ2n) is 11.1. The molecule has 0 saturated heterocycles. The van der Waals surface area contributed by atoms with Crippen molar-refractivity contribution < 1.29 is 47.7 Å². The highest BCUT2D eigenvalue weighted by molar-refractivity contribution is 5.92. The molecule has 0 fully saturated rings. The van der Waals surface area contributed by atoms with Gasteiger partial charge in [0.1, 0.15) is 12.7 Å². The van der Waals surface area contributed by atoms with Crippen LogP contribution < -0.4 is 0 Å². The van der Waals surface area contributed by atoms with Gasteiger partial charge in [0.05, 0.1) is 27.8 Å². The normalized spacial score (nSPS) is 12.8. The lowest BCUT2D eigenvalue weighted by molar-refractivity contribution is -0.122. The summed E-state index contributed by atoms with van der Waals surface area (Å²) in [5, 5.41) is 10.4. The van der Waals surface area contributed by atoms with Crippen LogP contribution in [0.3, 0.4) is 0 Å². The fraction of sp³-hybridized carbons (Fsp3) is 0.122. The fourth-order valence-corrected chi connectivity index (χ4v) is 4.90. The van der Waals surface area contributed by atoms with Crippen LogP contribution >= 0.6 is 0 Å². The van der Waals surface area contributed by atoms with E-state index in [-0.39, 0.29) is 27.8 Å². The zero-order chi connectivity index (χ0) is 36.7. The van der Waals surface area contributed by atoms with E-state index in [4.69, 9.17) is 23.7 Å². The maximum Gasteiger partial charge on any atom is 0.339 e. The van der Waals surface area contributed by atoms with Gasteiger partial charge in [0.2, 0.25) is 6.10 Å². The maximum atomic E-state index is 13.7. The number of esters is 5. The number of ether oxygens (including phenoxy) is 5. The zero-order valence-electron chi connectivity index (χ0n) is 27.5. The average molecular weight is 698 g/mol. The van der Waals surface area contributed by atoms with Crippen molar-refractivity contribution in [1.29, 1.82) is 5.26 Å². The van der Waals surface area contributed by atoms with Gasteiger partial charge in [0.15, 0.2) is 18.3 Å². The van der Waals surface area contributed by atoms with E-state index < -0.39 is 60.9 Å². The number of hydrogen-bond donors (Lipinski definition) is 0. The molecule has 0 heterocycles. The number of hydrogen-bond acceptors (Lipinski definition) is 11. The first-order valence-corrected chi connectivity index (χ1v) is 16.0. The number of nitrogens with zero attached hydrogens (tertiary/aromatic N) is 1. The summed E-state index contributed by atoms with van der Waals surface area (Å²) < 4.78 is 28.7. The average Bonchev–Trinajstić information content (AvgIpc) is 3.21. The molecule has 52 heavy (non-hydrogen) atoms. The van der Waals surface area contributed by atoms with Crippen LogP contribution in [0.25, 0.3) is 0 Å². The Morgan fingerprint density at radius 2 is 0.731 bits per heavy atom. The van der Waals surface area contributed by atoms with Crippen LogP contribution in [0.1, 0.15) is 51.8 Å². The first-order valence-electron chi connectivity index (χ1n) is 16.0. The lowest BCUT2D eigenvalue weighted by Gasteiger charge is -2.34. The largest absolute Gasteiger partial charge is 0.458 e. The van der Waals surface area contributed by atoms with E-state index in [1.54, 1.807) is 91.0 Å². The molecule has 0 radical (unpaired) electrons. The molecule has 0 aliphatic heterocycles. The van der Waals surface area contributed by atoms with Gasteiger partial charge < -0.3 is 23.7 Å². The standard InChI is InChI=1S/C41H31NO10/c42-26-33(49-38(44)29-18-8-2-9-19-29)35(51-40(46)31-22-12-4-13-23-31)36(52-41(47)32-24-14-5-15-25-32)34(50-39(45)30-20-10-3-11-21-30)27-48-37(43)28-16-6-1-7-17-28/h1-25,33-36H,27H2. The van der Waals surface area contributed by atoms with Crippen LogP contribution in [0.2, 0.25) is 0 Å². The molecule has 0 amide bonds.